The normalized spacial score (nSPS) is 10.5. The Hall–Kier alpha value is -1.57. The molecule has 2 nitrogen and oxygen atoms in total. The molecule has 0 unspecified atom stereocenters. The van der Waals surface area contributed by atoms with E-state index in [1.165, 1.54) is 16.6 Å². The molecular weight excluding hydrogens is 172 g/mol. The molecule has 0 atom stereocenters. The van der Waals surface area contributed by atoms with E-state index >= 15 is 0 Å². The third kappa shape index (κ3) is 1.33. The van der Waals surface area contributed by atoms with E-state index in [4.69, 9.17) is 0 Å². The van der Waals surface area contributed by atoms with Gasteiger partial charge in [0, 0.05) is 31.4 Å². The Labute approximate surface area is 84.2 Å². The van der Waals surface area contributed by atoms with Gasteiger partial charge >= 0.3 is 0 Å². The molecule has 2 heteroatoms. The molecule has 14 heavy (non-hydrogen) atoms. The third-order valence-corrected chi connectivity index (χ3v) is 2.41. The van der Waals surface area contributed by atoms with Crippen molar-refractivity contribution in [2.45, 2.75) is 6.92 Å². The summed E-state index contributed by atoms with van der Waals surface area (Å²) in [5.74, 6) is 0. The SMILES string of the molecule is Cc1ccc2ncccc2c1N(C)C. The number of hydrogen-bond acceptors (Lipinski definition) is 2. The zero-order valence-corrected chi connectivity index (χ0v) is 8.78. The summed E-state index contributed by atoms with van der Waals surface area (Å²) in [6, 6.07) is 8.28. The summed E-state index contributed by atoms with van der Waals surface area (Å²) >= 11 is 0. The molecule has 0 fully saturated rings. The van der Waals surface area contributed by atoms with Gasteiger partial charge in [0.05, 0.1) is 5.52 Å². The number of anilines is 1. The maximum atomic E-state index is 4.34. The Balaban J connectivity index is 2.83. The molecule has 0 saturated carbocycles. The molecule has 0 bridgehead atoms. The van der Waals surface area contributed by atoms with Crippen LogP contribution in [0.5, 0.6) is 0 Å². The van der Waals surface area contributed by atoms with Gasteiger partial charge in [0.25, 0.3) is 0 Å². The second-order valence-corrected chi connectivity index (χ2v) is 3.70. The van der Waals surface area contributed by atoms with Crippen LogP contribution in [0.3, 0.4) is 0 Å². The molecule has 0 radical (unpaired) electrons. The Kier molecular flexibility index (Phi) is 2.12. The van der Waals surface area contributed by atoms with Crippen LogP contribution in [0, 0.1) is 6.92 Å². The molecule has 1 aromatic heterocycles. The van der Waals surface area contributed by atoms with Gasteiger partial charge in [-0.15, -0.1) is 0 Å². The fourth-order valence-corrected chi connectivity index (χ4v) is 1.84. The van der Waals surface area contributed by atoms with E-state index in [1.807, 2.05) is 12.3 Å². The van der Waals surface area contributed by atoms with Crippen molar-refractivity contribution >= 4 is 16.6 Å². The van der Waals surface area contributed by atoms with Gasteiger partial charge in [-0.3, -0.25) is 4.98 Å². The van der Waals surface area contributed by atoms with Crippen molar-refractivity contribution in [3.63, 3.8) is 0 Å². The lowest BCUT2D eigenvalue weighted by Gasteiger charge is -2.17. The summed E-state index contributed by atoms with van der Waals surface area (Å²) in [4.78, 5) is 6.48. The molecule has 2 rings (SSSR count). The van der Waals surface area contributed by atoms with Gasteiger partial charge in [0.2, 0.25) is 0 Å². The highest BCUT2D eigenvalue weighted by molar-refractivity contribution is 5.93. The zero-order chi connectivity index (χ0) is 10.1. The van der Waals surface area contributed by atoms with E-state index in [0.717, 1.165) is 5.52 Å². The lowest BCUT2D eigenvalue weighted by Crippen LogP contribution is -2.10. The average Bonchev–Trinajstić information content (AvgIpc) is 2.17. The van der Waals surface area contributed by atoms with E-state index in [1.54, 1.807) is 0 Å². The highest BCUT2D eigenvalue weighted by Crippen LogP contribution is 2.27. The second-order valence-electron chi connectivity index (χ2n) is 3.70. The molecule has 0 spiro atoms. The summed E-state index contributed by atoms with van der Waals surface area (Å²) in [7, 11) is 4.13. The highest BCUT2D eigenvalue weighted by atomic mass is 15.1. The molecule has 0 aliphatic carbocycles. The topological polar surface area (TPSA) is 16.1 Å². The van der Waals surface area contributed by atoms with Crippen LogP contribution < -0.4 is 4.90 Å². The molecule has 1 aromatic carbocycles. The number of fused-ring (bicyclic) bond motifs is 1. The molecule has 0 amide bonds. The van der Waals surface area contributed by atoms with Crippen molar-refractivity contribution in [2.75, 3.05) is 19.0 Å². The quantitative estimate of drug-likeness (QED) is 0.680. The molecule has 1 heterocycles. The van der Waals surface area contributed by atoms with E-state index in [-0.39, 0.29) is 0 Å². The first-order chi connectivity index (χ1) is 6.70. The fraction of sp³-hybridized carbons (Fsp3) is 0.250. The summed E-state index contributed by atoms with van der Waals surface area (Å²) in [5, 5.41) is 1.22. The Morgan fingerprint density at radius 3 is 2.64 bits per heavy atom. The third-order valence-electron chi connectivity index (χ3n) is 2.41. The maximum absolute atomic E-state index is 4.34. The number of benzene rings is 1. The molecule has 0 N–H and O–H groups in total. The Bertz CT molecular complexity index is 461. The van der Waals surface area contributed by atoms with Gasteiger partial charge in [-0.25, -0.2) is 0 Å². The van der Waals surface area contributed by atoms with Gasteiger partial charge in [0.1, 0.15) is 0 Å². The van der Waals surface area contributed by atoms with Gasteiger partial charge in [0.15, 0.2) is 0 Å². The minimum Gasteiger partial charge on any atom is -0.377 e. The predicted octanol–water partition coefficient (Wildman–Crippen LogP) is 2.61. The van der Waals surface area contributed by atoms with Gasteiger partial charge in [-0.05, 0) is 30.7 Å². The van der Waals surface area contributed by atoms with Gasteiger partial charge in [-0.2, -0.15) is 0 Å². The maximum Gasteiger partial charge on any atom is 0.0722 e. The largest absolute Gasteiger partial charge is 0.377 e. The van der Waals surface area contributed by atoms with Crippen molar-refractivity contribution in [2.24, 2.45) is 0 Å². The summed E-state index contributed by atoms with van der Waals surface area (Å²) in [5.41, 5.74) is 3.60. The monoisotopic (exact) mass is 186 g/mol. The molecule has 2 aromatic rings. The second kappa shape index (κ2) is 3.29. The molecule has 0 saturated heterocycles. The van der Waals surface area contributed by atoms with E-state index < -0.39 is 0 Å². The van der Waals surface area contributed by atoms with E-state index in [2.05, 4.69) is 49.1 Å². The first-order valence-corrected chi connectivity index (χ1v) is 4.72. The number of aryl methyl sites for hydroxylation is 1. The standard InChI is InChI=1S/C12H14N2/c1-9-6-7-11-10(5-4-8-13-11)12(9)14(2)3/h4-8H,1-3H3. The van der Waals surface area contributed by atoms with Crippen molar-refractivity contribution in [1.82, 2.24) is 4.98 Å². The molecular formula is C12H14N2. The van der Waals surface area contributed by atoms with Gasteiger partial charge < -0.3 is 4.90 Å². The summed E-state index contributed by atoms with van der Waals surface area (Å²) < 4.78 is 0. The minimum absolute atomic E-state index is 1.06. The van der Waals surface area contributed by atoms with Crippen molar-refractivity contribution < 1.29 is 0 Å². The zero-order valence-electron chi connectivity index (χ0n) is 8.78. The van der Waals surface area contributed by atoms with E-state index in [0.29, 0.717) is 0 Å². The number of nitrogens with zero attached hydrogens (tertiary/aromatic N) is 2. The number of rotatable bonds is 1. The Morgan fingerprint density at radius 1 is 1.14 bits per heavy atom. The van der Waals surface area contributed by atoms with Crippen molar-refractivity contribution in [1.29, 1.82) is 0 Å². The van der Waals surface area contributed by atoms with Crippen LogP contribution in [0.25, 0.3) is 10.9 Å². The van der Waals surface area contributed by atoms with Crippen LogP contribution in [-0.2, 0) is 0 Å². The van der Waals surface area contributed by atoms with Gasteiger partial charge in [-0.1, -0.05) is 6.07 Å². The minimum atomic E-state index is 1.06. The van der Waals surface area contributed by atoms with E-state index in [9.17, 15) is 0 Å². The van der Waals surface area contributed by atoms with Crippen LogP contribution in [0.4, 0.5) is 5.69 Å². The first-order valence-electron chi connectivity index (χ1n) is 4.72. The number of pyridine rings is 1. The molecule has 72 valence electrons. The molecule has 0 aliphatic heterocycles. The van der Waals surface area contributed by atoms with Crippen molar-refractivity contribution in [3.05, 3.63) is 36.0 Å². The van der Waals surface area contributed by atoms with Crippen LogP contribution in [-0.4, -0.2) is 19.1 Å². The Morgan fingerprint density at radius 2 is 1.93 bits per heavy atom. The number of hydrogen-bond donors (Lipinski definition) is 0. The summed E-state index contributed by atoms with van der Waals surface area (Å²) in [6.45, 7) is 2.13. The lowest BCUT2D eigenvalue weighted by atomic mass is 10.1. The fourth-order valence-electron chi connectivity index (χ4n) is 1.84. The predicted molar refractivity (Wildman–Crippen MR) is 60.8 cm³/mol. The first kappa shape index (κ1) is 9.00. The highest BCUT2D eigenvalue weighted by Gasteiger charge is 2.05. The van der Waals surface area contributed by atoms with Crippen molar-refractivity contribution in [3.8, 4) is 0 Å². The van der Waals surface area contributed by atoms with Crippen LogP contribution in [0.15, 0.2) is 30.5 Å². The summed E-state index contributed by atoms with van der Waals surface area (Å²) in [6.07, 6.45) is 1.83. The average molecular weight is 186 g/mol. The smallest absolute Gasteiger partial charge is 0.0722 e. The number of aromatic nitrogens is 1. The molecule has 0 aliphatic rings. The van der Waals surface area contributed by atoms with Crippen LogP contribution in [0.1, 0.15) is 5.56 Å². The van der Waals surface area contributed by atoms with Crippen LogP contribution in [0.2, 0.25) is 0 Å². The lowest BCUT2D eigenvalue weighted by molar-refractivity contribution is 1.12. The van der Waals surface area contributed by atoms with Crippen LogP contribution >= 0.6 is 0 Å².